The predicted octanol–water partition coefficient (Wildman–Crippen LogP) is 3.04. The maximum Gasteiger partial charge on any atom is 0.287 e. The number of ether oxygens (including phenoxy) is 1. The third-order valence-electron chi connectivity index (χ3n) is 4.18. The Balaban J connectivity index is 1.71. The van der Waals surface area contributed by atoms with E-state index in [1.807, 2.05) is 52.0 Å². The normalized spacial score (nSPS) is 12.3. The minimum atomic E-state index is -0.185. The van der Waals surface area contributed by atoms with E-state index in [9.17, 15) is 4.79 Å². The summed E-state index contributed by atoms with van der Waals surface area (Å²) in [6.45, 7) is 10.5. The maximum atomic E-state index is 12.0. The Kier molecular flexibility index (Phi) is 9.08. The summed E-state index contributed by atoms with van der Waals surface area (Å²) in [7, 11) is 0. The summed E-state index contributed by atoms with van der Waals surface area (Å²) in [6.07, 6.45) is 2.25. The third kappa shape index (κ3) is 7.89. The Labute approximate surface area is 172 Å². The van der Waals surface area contributed by atoms with Crippen molar-refractivity contribution in [3.05, 3.63) is 53.5 Å². The first-order valence-corrected chi connectivity index (χ1v) is 10.1. The van der Waals surface area contributed by atoms with Crippen LogP contribution in [0.1, 0.15) is 41.9 Å². The van der Waals surface area contributed by atoms with Crippen molar-refractivity contribution >= 4 is 11.9 Å². The fourth-order valence-corrected chi connectivity index (χ4v) is 2.70. The van der Waals surface area contributed by atoms with Gasteiger partial charge in [-0.2, -0.15) is 0 Å². The van der Waals surface area contributed by atoms with E-state index in [4.69, 9.17) is 9.15 Å². The molecule has 0 aliphatic carbocycles. The molecule has 0 spiro atoms. The molecule has 1 heterocycles. The van der Waals surface area contributed by atoms with Crippen molar-refractivity contribution in [2.75, 3.05) is 26.2 Å². The minimum Gasteiger partial charge on any atom is -0.489 e. The van der Waals surface area contributed by atoms with Crippen molar-refractivity contribution in [3.8, 4) is 5.75 Å². The molecule has 7 heteroatoms. The van der Waals surface area contributed by atoms with Crippen LogP contribution in [0.25, 0.3) is 0 Å². The van der Waals surface area contributed by atoms with Crippen molar-refractivity contribution in [1.29, 1.82) is 0 Å². The summed E-state index contributed by atoms with van der Waals surface area (Å²) in [4.78, 5) is 16.6. The molecule has 1 unspecified atom stereocenters. The van der Waals surface area contributed by atoms with Gasteiger partial charge < -0.3 is 25.1 Å². The average Bonchev–Trinajstić information content (AvgIpc) is 3.11. The zero-order valence-electron chi connectivity index (χ0n) is 17.7. The van der Waals surface area contributed by atoms with Gasteiger partial charge in [0.2, 0.25) is 0 Å². The van der Waals surface area contributed by atoms with Gasteiger partial charge in [-0.15, -0.1) is 0 Å². The van der Waals surface area contributed by atoms with Gasteiger partial charge in [0.25, 0.3) is 5.91 Å². The molecule has 0 aliphatic heterocycles. The lowest BCUT2D eigenvalue weighted by atomic mass is 10.2. The highest BCUT2D eigenvalue weighted by atomic mass is 16.5. The number of benzene rings is 1. The number of aryl methyl sites for hydroxylation is 2. The smallest absolute Gasteiger partial charge is 0.287 e. The van der Waals surface area contributed by atoms with Crippen molar-refractivity contribution in [3.63, 3.8) is 0 Å². The quantitative estimate of drug-likeness (QED) is 0.324. The van der Waals surface area contributed by atoms with Crippen LogP contribution >= 0.6 is 0 Å². The zero-order valence-corrected chi connectivity index (χ0v) is 17.7. The molecule has 1 amide bonds. The first kappa shape index (κ1) is 22.3. The summed E-state index contributed by atoms with van der Waals surface area (Å²) in [5, 5.41) is 9.36. The number of guanidine groups is 1. The van der Waals surface area contributed by atoms with Gasteiger partial charge in [0.05, 0.1) is 12.8 Å². The number of hydrogen-bond acceptors (Lipinski definition) is 4. The number of aliphatic imine (C=N–C) groups is 1. The van der Waals surface area contributed by atoms with Crippen LogP contribution in [0.2, 0.25) is 0 Å². The van der Waals surface area contributed by atoms with E-state index in [2.05, 4.69) is 20.9 Å². The summed E-state index contributed by atoms with van der Waals surface area (Å²) in [6, 6.07) is 9.77. The standard InChI is InChI=1S/C22H32N4O3/c1-5-23-22(26-15-18(4)29-19-9-6-8-16(2)14-19)25-12-7-11-24-21(27)20-17(3)10-13-28-20/h6,8-10,13-14,18H,5,7,11-12,15H2,1-4H3,(H,24,27)(H2,23,25,26). The first-order valence-electron chi connectivity index (χ1n) is 10.1. The van der Waals surface area contributed by atoms with Gasteiger partial charge in [-0.3, -0.25) is 4.79 Å². The van der Waals surface area contributed by atoms with Crippen LogP contribution in [0.3, 0.4) is 0 Å². The van der Waals surface area contributed by atoms with E-state index < -0.39 is 0 Å². The highest BCUT2D eigenvalue weighted by Crippen LogP contribution is 2.14. The number of rotatable bonds is 10. The lowest BCUT2D eigenvalue weighted by Gasteiger charge is -2.15. The molecular formula is C22H32N4O3. The van der Waals surface area contributed by atoms with Crippen LogP contribution in [0.4, 0.5) is 0 Å². The number of furan rings is 1. The summed E-state index contributed by atoms with van der Waals surface area (Å²) >= 11 is 0. The van der Waals surface area contributed by atoms with Crippen molar-refractivity contribution in [2.45, 2.75) is 40.2 Å². The van der Waals surface area contributed by atoms with Gasteiger partial charge in [0.15, 0.2) is 11.7 Å². The molecule has 2 rings (SSSR count). The van der Waals surface area contributed by atoms with E-state index in [-0.39, 0.29) is 12.0 Å². The molecule has 0 saturated carbocycles. The van der Waals surface area contributed by atoms with E-state index in [0.717, 1.165) is 30.2 Å². The number of hydrogen-bond donors (Lipinski definition) is 3. The van der Waals surface area contributed by atoms with E-state index >= 15 is 0 Å². The lowest BCUT2D eigenvalue weighted by molar-refractivity contribution is 0.0925. The molecule has 1 aromatic heterocycles. The van der Waals surface area contributed by atoms with Crippen LogP contribution in [0.5, 0.6) is 5.75 Å². The molecule has 0 aliphatic rings. The maximum absolute atomic E-state index is 12.0. The molecule has 1 atom stereocenters. The third-order valence-corrected chi connectivity index (χ3v) is 4.18. The zero-order chi connectivity index (χ0) is 21.1. The number of nitrogens with one attached hydrogen (secondary N) is 3. The second-order valence-electron chi connectivity index (χ2n) is 6.93. The fraction of sp³-hybridized carbons (Fsp3) is 0.455. The topological polar surface area (TPSA) is 87.9 Å². The minimum absolute atomic E-state index is 0.0388. The van der Waals surface area contributed by atoms with Crippen LogP contribution in [0.15, 0.2) is 46.0 Å². The molecule has 7 nitrogen and oxygen atoms in total. The Morgan fingerprint density at radius 2 is 1.97 bits per heavy atom. The summed E-state index contributed by atoms with van der Waals surface area (Å²) in [5.74, 6) is 1.78. The Morgan fingerprint density at radius 1 is 1.17 bits per heavy atom. The van der Waals surface area contributed by atoms with E-state index in [0.29, 0.717) is 25.4 Å². The Bertz CT molecular complexity index is 801. The molecule has 29 heavy (non-hydrogen) atoms. The molecule has 0 saturated heterocycles. The molecule has 3 N–H and O–H groups in total. The lowest BCUT2D eigenvalue weighted by Crippen LogP contribution is -2.39. The van der Waals surface area contributed by atoms with Crippen LogP contribution < -0.4 is 20.7 Å². The van der Waals surface area contributed by atoms with Gasteiger partial charge in [-0.05, 0) is 57.9 Å². The summed E-state index contributed by atoms with van der Waals surface area (Å²) in [5.41, 5.74) is 2.01. The number of amides is 1. The van der Waals surface area contributed by atoms with Crippen LogP contribution in [-0.4, -0.2) is 44.1 Å². The molecule has 2 aromatic rings. The van der Waals surface area contributed by atoms with Gasteiger partial charge in [0, 0.05) is 25.2 Å². The number of carbonyl (C=O) groups excluding carboxylic acids is 1. The SMILES string of the molecule is CCNC(=NCC(C)Oc1cccc(C)c1)NCCCNC(=O)c1occc1C. The van der Waals surface area contributed by atoms with Gasteiger partial charge >= 0.3 is 0 Å². The van der Waals surface area contributed by atoms with E-state index in [1.165, 1.54) is 11.8 Å². The predicted molar refractivity (Wildman–Crippen MR) is 116 cm³/mol. The van der Waals surface area contributed by atoms with Gasteiger partial charge in [0.1, 0.15) is 11.9 Å². The molecule has 158 valence electrons. The summed E-state index contributed by atoms with van der Waals surface area (Å²) < 4.78 is 11.1. The second kappa shape index (κ2) is 11.8. The van der Waals surface area contributed by atoms with E-state index in [1.54, 1.807) is 6.07 Å². The van der Waals surface area contributed by atoms with Crippen molar-refractivity contribution in [2.24, 2.45) is 4.99 Å². The molecule has 0 bridgehead atoms. The fourth-order valence-electron chi connectivity index (χ4n) is 2.70. The monoisotopic (exact) mass is 400 g/mol. The molecular weight excluding hydrogens is 368 g/mol. The average molecular weight is 401 g/mol. The van der Waals surface area contributed by atoms with Crippen LogP contribution in [-0.2, 0) is 0 Å². The molecule has 0 radical (unpaired) electrons. The largest absolute Gasteiger partial charge is 0.489 e. The van der Waals surface area contributed by atoms with Crippen molar-refractivity contribution in [1.82, 2.24) is 16.0 Å². The van der Waals surface area contributed by atoms with Crippen molar-refractivity contribution < 1.29 is 13.9 Å². The Hall–Kier alpha value is -2.96. The first-order chi connectivity index (χ1) is 14.0. The van der Waals surface area contributed by atoms with Gasteiger partial charge in [-0.25, -0.2) is 4.99 Å². The highest BCUT2D eigenvalue weighted by molar-refractivity contribution is 5.92. The Morgan fingerprint density at radius 3 is 2.66 bits per heavy atom. The number of nitrogens with zero attached hydrogens (tertiary/aromatic N) is 1. The molecule has 0 fully saturated rings. The highest BCUT2D eigenvalue weighted by Gasteiger charge is 2.11. The second-order valence-corrected chi connectivity index (χ2v) is 6.93. The van der Waals surface area contributed by atoms with Gasteiger partial charge in [-0.1, -0.05) is 12.1 Å². The molecule has 1 aromatic carbocycles. The van der Waals surface area contributed by atoms with Crippen LogP contribution in [0, 0.1) is 13.8 Å². The number of carbonyl (C=O) groups is 1.